The quantitative estimate of drug-likeness (QED) is 0.0327. The van der Waals surface area contributed by atoms with Crippen LogP contribution in [0, 0.1) is 23.8 Å². The van der Waals surface area contributed by atoms with E-state index in [1.54, 1.807) is 4.98 Å². The maximum absolute atomic E-state index is 13.9. The highest BCUT2D eigenvalue weighted by Crippen LogP contribution is 2.79. The Kier molecular flexibility index (Phi) is 27.3. The van der Waals surface area contributed by atoms with Crippen LogP contribution in [0.4, 0.5) is 17.6 Å². The van der Waals surface area contributed by atoms with E-state index in [1.165, 1.54) is 6.07 Å². The van der Waals surface area contributed by atoms with Crippen molar-refractivity contribution in [1.29, 1.82) is 0 Å². The number of halogens is 6. The third-order valence-electron chi connectivity index (χ3n) is 12.9. The highest BCUT2D eigenvalue weighted by molar-refractivity contribution is 8.05. The molecule has 536 valence electrons. The molecule has 0 bridgehead atoms. The van der Waals surface area contributed by atoms with Gasteiger partial charge in [0.2, 0.25) is 22.2 Å². The Labute approximate surface area is 533 Å². The zero-order valence-electron chi connectivity index (χ0n) is 46.5. The predicted octanol–water partition coefficient (Wildman–Crippen LogP) is -0.860. The molecule has 54 heteroatoms. The number of phosphoric ester groups is 1. The topological polar surface area (TPSA) is 656 Å². The number of aromatic nitrogens is 4. The van der Waals surface area contributed by atoms with E-state index < -0.39 is 229 Å². The fourth-order valence-electron chi connectivity index (χ4n) is 8.79. The zero-order chi connectivity index (χ0) is 71.5. The van der Waals surface area contributed by atoms with Gasteiger partial charge in [0.05, 0.1) is 26.4 Å². The average molecular weight is 1560 g/mol. The largest absolute Gasteiger partial charge is 0.490 e. The molecule has 0 amide bonds. The summed E-state index contributed by atoms with van der Waals surface area (Å²) in [5.41, 5.74) is -3.63. The van der Waals surface area contributed by atoms with Crippen LogP contribution < -0.4 is 22.2 Å². The van der Waals surface area contributed by atoms with E-state index in [-0.39, 0.29) is 22.3 Å². The molecule has 9 rings (SSSR count). The number of nitrogens with one attached hydrogen (secondary N) is 4. The lowest BCUT2D eigenvalue weighted by Crippen LogP contribution is -2.33. The number of aromatic amines is 4. The van der Waals surface area contributed by atoms with Crippen LogP contribution in [0.5, 0.6) is 0 Å². The Balaban J connectivity index is 0.000000204. The summed E-state index contributed by atoms with van der Waals surface area (Å²) < 4.78 is 184. The zero-order valence-corrected chi connectivity index (χ0v) is 54.3. The van der Waals surface area contributed by atoms with Crippen molar-refractivity contribution in [2.75, 3.05) is 32.3 Å². The Bertz CT molecular complexity index is 3950. The van der Waals surface area contributed by atoms with E-state index in [0.29, 0.717) is 0 Å². The monoisotopic (exact) mass is 1560 g/mol. The lowest BCUT2D eigenvalue weighted by atomic mass is 10.0. The number of ether oxygens (including phenoxy) is 4. The molecule has 19 N–H and O–H groups in total. The molecule has 41 nitrogen and oxygen atoms in total. The van der Waals surface area contributed by atoms with E-state index in [0.717, 1.165) is 42.5 Å². The molecule has 5 saturated heterocycles. The summed E-state index contributed by atoms with van der Waals surface area (Å²) in [7, 11) is -31.3. The number of aliphatic hydroxyl groups excluding tert-OH is 9. The van der Waals surface area contributed by atoms with Crippen molar-refractivity contribution in [1.82, 2.24) is 19.9 Å². The lowest BCUT2D eigenvalue weighted by molar-refractivity contribution is -0.0238. The maximum Gasteiger partial charge on any atom is 0.490 e. The Morgan fingerprint density at radius 2 is 0.789 bits per heavy atom. The maximum atomic E-state index is 13.9. The predicted molar refractivity (Wildman–Crippen MR) is 299 cm³/mol. The molecule has 9 unspecified atom stereocenters. The molecule has 4 aromatic rings. The fraction of sp³-hybridized carbons (Fsp3) is 0.512. The third kappa shape index (κ3) is 22.3. The highest BCUT2D eigenvalue weighted by atomic mass is 35.9. The first-order chi connectivity index (χ1) is 43.6. The minimum Gasteiger partial charge on any atom is -0.394 e. The van der Waals surface area contributed by atoms with Crippen LogP contribution in [0.2, 0.25) is 0 Å². The smallest absolute Gasteiger partial charge is 0.394 e. The molecule has 5 aliphatic heterocycles. The van der Waals surface area contributed by atoms with Gasteiger partial charge in [0.15, 0.2) is 29.7 Å². The van der Waals surface area contributed by atoms with Crippen LogP contribution in [0.3, 0.4) is 0 Å². The summed E-state index contributed by atoms with van der Waals surface area (Å²) in [6.45, 7) is -2.80. The van der Waals surface area contributed by atoms with Crippen molar-refractivity contribution in [2.45, 2.75) is 97.7 Å². The van der Waals surface area contributed by atoms with Crippen LogP contribution in [-0.2, 0) is 81.7 Å². The average Bonchev–Trinajstić information content (AvgIpc) is 1.32. The molecule has 9 heterocycles. The second kappa shape index (κ2) is 32.1. The van der Waals surface area contributed by atoms with Gasteiger partial charge >= 0.3 is 52.6 Å². The molecule has 21 atom stereocenters. The molecule has 0 aromatic carbocycles. The summed E-state index contributed by atoms with van der Waals surface area (Å²) >= 11 is 10.4. The molecule has 0 saturated carbocycles. The van der Waals surface area contributed by atoms with Crippen LogP contribution in [0.15, 0.2) is 67.7 Å². The van der Waals surface area contributed by atoms with Crippen LogP contribution in [-0.4, -0.2) is 201 Å². The van der Waals surface area contributed by atoms with Crippen LogP contribution in [0.1, 0.15) is 46.7 Å². The first kappa shape index (κ1) is 80.6. The van der Waals surface area contributed by atoms with Crippen LogP contribution >= 0.6 is 75.0 Å². The molecule has 0 spiro atoms. The van der Waals surface area contributed by atoms with E-state index in [9.17, 15) is 124 Å². The summed E-state index contributed by atoms with van der Waals surface area (Å²) in [4.78, 5) is 105. The SMILES string of the molecule is O=c1ccc([C@@H]2O[C@H](CO)C(O)[C@@H]2O)c(F)[nH]1.O=c1ccc([C@@H]2O[C@H](COP(=O)(Cl)Cl)C(O)[C@@H]2O)c(F)[nH]1.O=c1ccc([C@@H]2O[C@H](COP(=O)(O)OP(=O)(O)OP(=O)(O)O)C(O)[C@@H]2O)c(F)[nH]1.O=c1ccc([C@@H]2O[C@H](COP3(=O)CP(=O)(O)OP(=O)(O)O3)C(O)[C@@H]2O)c(F)[nH]1. The Morgan fingerprint density at radius 3 is 1.08 bits per heavy atom. The van der Waals surface area contributed by atoms with Crippen LogP contribution in [0.25, 0.3) is 0 Å². The minimum atomic E-state index is -5.73. The number of phosphoric acid groups is 4. The molecular formula is C41H53Cl2F4N4O37P7. The summed E-state index contributed by atoms with van der Waals surface area (Å²) in [6, 6.07) is 8.34. The van der Waals surface area contributed by atoms with Gasteiger partial charge in [-0.25, -0.2) is 26.9 Å². The standard InChI is InChI=1S/C11H15FNO12P3.C10H11Cl2FNO6P.C10H15FNO14P3.C10H12FNO5/c12-11-5(1-2-7(14)13-11)10-9(16)8(15)6(23-10)3-22-27(19)4-26(17,18)24-28(20,21)25-27;11-21(12,18)19-3-5-7(16)8(17)9(20-5)4-1-2-6(15)14-10(4)13;11-10-4(1-2-6(13)12-10)9-8(15)7(14)5(24-9)3-23-28(19,20)26-29(21,22)25-27(16,17)18;11-10-4(1-2-6(14)12-10)9-8(16)7(15)5(3-13)17-9/h1-2,6,8-10,15-16H,3-4H2,(H,13,14)(H,17,18)(H,20,21);1-2,5,7-9,16-17H,3H2,(H,14,15);1-2,5,7-9,14-15H,3H2,(H,12,13)(H,19,20)(H,21,22)(H2,16,17,18);1-2,5,7-9,13,15-16H,3H2,(H,12,14)/t6-,8?,9+,10+,27?;3*5-,7?,8+,9+/m1111/s1. The van der Waals surface area contributed by atoms with Crippen molar-refractivity contribution < 1.29 is 175 Å². The van der Waals surface area contributed by atoms with Gasteiger partial charge in [0.25, 0.3) is 0 Å². The van der Waals surface area contributed by atoms with Gasteiger partial charge in [-0.3, -0.25) is 57.3 Å². The number of aliphatic hydroxyl groups is 9. The molecule has 0 radical (unpaired) electrons. The van der Waals surface area contributed by atoms with E-state index in [1.807, 2.05) is 15.0 Å². The molecule has 4 aromatic heterocycles. The molecule has 95 heavy (non-hydrogen) atoms. The molecule has 5 fully saturated rings. The van der Waals surface area contributed by atoms with E-state index in [4.69, 9.17) is 65.7 Å². The lowest BCUT2D eigenvalue weighted by Gasteiger charge is -2.28. The van der Waals surface area contributed by atoms with Gasteiger partial charge in [-0.1, -0.05) is 0 Å². The van der Waals surface area contributed by atoms with Crippen molar-refractivity contribution in [3.8, 4) is 0 Å². The van der Waals surface area contributed by atoms with Gasteiger partial charge < -0.3 is 103 Å². The van der Waals surface area contributed by atoms with E-state index >= 15 is 0 Å². The minimum absolute atomic E-state index is 0.0629. The molecule has 0 aliphatic carbocycles. The number of pyridine rings is 4. The van der Waals surface area contributed by atoms with E-state index in [2.05, 4.69) is 26.3 Å². The number of hydrogen-bond acceptors (Lipinski definition) is 31. The highest BCUT2D eigenvalue weighted by Gasteiger charge is 2.54. The Morgan fingerprint density at radius 1 is 0.474 bits per heavy atom. The summed E-state index contributed by atoms with van der Waals surface area (Å²) in [5.74, 6) is -5.41. The first-order valence-corrected chi connectivity index (χ1v) is 38.5. The molecule has 5 aliphatic rings. The summed E-state index contributed by atoms with van der Waals surface area (Å²) in [5, 5.41) is 87.7. The van der Waals surface area contributed by atoms with Gasteiger partial charge in [-0.05, 0) is 46.7 Å². The van der Waals surface area contributed by atoms with Gasteiger partial charge in [-0.2, -0.15) is 26.2 Å². The molecular weight excluding hydrogens is 1500 g/mol. The normalized spacial score (nSPS) is 34.4. The second-order valence-electron chi connectivity index (χ2n) is 19.8. The summed E-state index contributed by atoms with van der Waals surface area (Å²) in [6.07, 6.45) is -26.6. The number of rotatable bonds is 18. The van der Waals surface area contributed by atoms with Crippen molar-refractivity contribution in [3.05, 3.63) is 136 Å². The van der Waals surface area contributed by atoms with Gasteiger partial charge in [0, 0.05) is 46.5 Å². The number of hydrogen-bond donors (Lipinski definition) is 19. The third-order valence-corrected chi connectivity index (χ3v) is 24.8. The fourth-order valence-corrected chi connectivity index (χ4v) is 19.4. The van der Waals surface area contributed by atoms with Crippen molar-refractivity contribution in [3.63, 3.8) is 0 Å². The first-order valence-electron chi connectivity index (χ1n) is 25.6. The number of H-pyrrole nitrogens is 4. The Hall–Kier alpha value is -3.33. The van der Waals surface area contributed by atoms with Crippen molar-refractivity contribution >= 4 is 75.0 Å². The van der Waals surface area contributed by atoms with Gasteiger partial charge in [-0.15, -0.1) is 0 Å². The second-order valence-corrected chi connectivity index (χ2v) is 34.6. The van der Waals surface area contributed by atoms with Crippen molar-refractivity contribution in [2.24, 2.45) is 0 Å². The van der Waals surface area contributed by atoms with Gasteiger partial charge in [0.1, 0.15) is 97.7 Å².